The van der Waals surface area contributed by atoms with E-state index in [9.17, 15) is 0 Å². The summed E-state index contributed by atoms with van der Waals surface area (Å²) in [6, 6.07) is 12.2. The van der Waals surface area contributed by atoms with Crippen LogP contribution in [0, 0.1) is 0 Å². The predicted octanol–water partition coefficient (Wildman–Crippen LogP) is 5.34. The van der Waals surface area contributed by atoms with Gasteiger partial charge in [0.2, 0.25) is 0 Å². The number of fused-ring (bicyclic) bond motifs is 1. The Balaban J connectivity index is 2.01. The first-order valence-electron chi connectivity index (χ1n) is 6.34. The second-order valence-corrected chi connectivity index (χ2v) is 5.98. The van der Waals surface area contributed by atoms with Crippen molar-refractivity contribution in [3.05, 3.63) is 46.7 Å². The van der Waals surface area contributed by atoms with Gasteiger partial charge in [-0.2, -0.15) is 4.98 Å². The molecule has 0 aliphatic carbocycles. The average molecular weight is 352 g/mol. The highest BCUT2D eigenvalue weighted by atomic mass is 79.9. The molecule has 3 aromatic rings. The maximum atomic E-state index is 6.11. The maximum absolute atomic E-state index is 6.11. The van der Waals surface area contributed by atoms with Gasteiger partial charge in [-0.1, -0.05) is 40.1 Å². The second-order valence-electron chi connectivity index (χ2n) is 4.54. The lowest BCUT2D eigenvalue weighted by molar-refractivity contribution is 0.421. The summed E-state index contributed by atoms with van der Waals surface area (Å²) in [7, 11) is 0. The third-order valence-electron chi connectivity index (χ3n) is 3.13. The normalized spacial score (nSPS) is 12.8. The fraction of sp³-hybridized carbons (Fsp3) is 0.200. The summed E-state index contributed by atoms with van der Waals surface area (Å²) in [5.41, 5.74) is 0.901. The Morgan fingerprint density at radius 1 is 1.20 bits per heavy atom. The van der Waals surface area contributed by atoms with Crippen molar-refractivity contribution in [2.75, 3.05) is 0 Å². The van der Waals surface area contributed by atoms with Crippen molar-refractivity contribution >= 4 is 38.3 Å². The zero-order chi connectivity index (χ0) is 14.1. The quantitative estimate of drug-likeness (QED) is 0.598. The van der Waals surface area contributed by atoms with Crippen LogP contribution < -0.4 is 0 Å². The van der Waals surface area contributed by atoms with E-state index in [2.05, 4.69) is 38.2 Å². The number of halogens is 2. The molecule has 3 nitrogen and oxygen atoms in total. The highest BCUT2D eigenvalue weighted by Crippen LogP contribution is 2.28. The van der Waals surface area contributed by atoms with Gasteiger partial charge in [0.25, 0.3) is 5.89 Å². The number of hydrogen-bond donors (Lipinski definition) is 0. The number of aromatic nitrogens is 2. The molecule has 3 rings (SSSR count). The van der Waals surface area contributed by atoms with Gasteiger partial charge >= 0.3 is 0 Å². The van der Waals surface area contributed by atoms with Crippen LogP contribution in [0.15, 0.2) is 45.4 Å². The minimum absolute atomic E-state index is 0.205. The lowest BCUT2D eigenvalue weighted by Gasteiger charge is -2.00. The van der Waals surface area contributed by atoms with Crippen molar-refractivity contribution in [1.29, 1.82) is 0 Å². The molecule has 102 valence electrons. The smallest absolute Gasteiger partial charge is 0.257 e. The monoisotopic (exact) mass is 350 g/mol. The molecule has 1 heterocycles. The molecule has 0 aliphatic heterocycles. The Hall–Kier alpha value is -1.39. The summed E-state index contributed by atoms with van der Waals surface area (Å²) in [5, 5.41) is 6.01. The van der Waals surface area contributed by atoms with Gasteiger partial charge in [0.1, 0.15) is 0 Å². The van der Waals surface area contributed by atoms with E-state index in [4.69, 9.17) is 16.1 Å². The van der Waals surface area contributed by atoms with Crippen LogP contribution in [-0.2, 0) is 0 Å². The molecule has 0 aliphatic rings. The topological polar surface area (TPSA) is 38.9 Å². The third kappa shape index (κ3) is 2.58. The first-order chi connectivity index (χ1) is 9.67. The van der Waals surface area contributed by atoms with Crippen LogP contribution in [0.1, 0.15) is 24.5 Å². The van der Waals surface area contributed by atoms with Crippen LogP contribution in [0.4, 0.5) is 0 Å². The molecule has 1 aromatic heterocycles. The minimum atomic E-state index is -0.205. The Morgan fingerprint density at radius 3 is 2.75 bits per heavy atom. The molecule has 0 spiro atoms. The summed E-state index contributed by atoms with van der Waals surface area (Å²) in [6.07, 6.45) is 0.770. The first kappa shape index (κ1) is 13.6. The van der Waals surface area contributed by atoms with Crippen LogP contribution >= 0.6 is 27.5 Å². The number of benzene rings is 2. The largest absolute Gasteiger partial charge is 0.334 e. The van der Waals surface area contributed by atoms with Crippen molar-refractivity contribution in [3.63, 3.8) is 0 Å². The van der Waals surface area contributed by atoms with E-state index in [1.54, 1.807) is 0 Å². The lowest BCUT2D eigenvalue weighted by atomic mass is 10.1. The van der Waals surface area contributed by atoms with Crippen molar-refractivity contribution < 1.29 is 4.52 Å². The highest BCUT2D eigenvalue weighted by Gasteiger charge is 2.15. The molecular formula is C15H12BrClN2O. The number of rotatable bonds is 3. The Bertz CT molecular complexity index is 756. The fourth-order valence-electron chi connectivity index (χ4n) is 2.01. The number of alkyl halides is 1. The van der Waals surface area contributed by atoms with Gasteiger partial charge in [0, 0.05) is 10.0 Å². The molecule has 20 heavy (non-hydrogen) atoms. The van der Waals surface area contributed by atoms with Crippen LogP contribution in [0.3, 0.4) is 0 Å². The van der Waals surface area contributed by atoms with Gasteiger partial charge in [0.05, 0.1) is 5.38 Å². The predicted molar refractivity (Wildman–Crippen MR) is 83.8 cm³/mol. The van der Waals surface area contributed by atoms with E-state index in [1.807, 2.05) is 31.2 Å². The van der Waals surface area contributed by atoms with Gasteiger partial charge in [-0.15, -0.1) is 11.6 Å². The Kier molecular flexibility index (Phi) is 3.76. The molecule has 0 amide bonds. The Labute approximate surface area is 130 Å². The van der Waals surface area contributed by atoms with Gasteiger partial charge in [0.15, 0.2) is 5.82 Å². The lowest BCUT2D eigenvalue weighted by Crippen LogP contribution is -1.90. The molecule has 0 N–H and O–H groups in total. The molecule has 2 aromatic carbocycles. The summed E-state index contributed by atoms with van der Waals surface area (Å²) in [4.78, 5) is 4.36. The molecule has 0 saturated carbocycles. The van der Waals surface area contributed by atoms with Crippen LogP contribution in [0.2, 0.25) is 0 Å². The molecule has 0 bridgehead atoms. The van der Waals surface area contributed by atoms with E-state index < -0.39 is 0 Å². The van der Waals surface area contributed by atoms with E-state index >= 15 is 0 Å². The van der Waals surface area contributed by atoms with Crippen molar-refractivity contribution in [1.82, 2.24) is 10.1 Å². The van der Waals surface area contributed by atoms with Gasteiger partial charge in [-0.3, -0.25) is 0 Å². The zero-order valence-electron chi connectivity index (χ0n) is 10.8. The number of hydrogen-bond acceptors (Lipinski definition) is 3. The van der Waals surface area contributed by atoms with E-state index in [1.165, 1.54) is 0 Å². The SMILES string of the molecule is CCC(Cl)c1noc(-c2ccc3cc(Br)ccc3c2)n1. The van der Waals surface area contributed by atoms with Gasteiger partial charge in [-0.25, -0.2) is 0 Å². The van der Waals surface area contributed by atoms with Crippen LogP contribution in [0.25, 0.3) is 22.2 Å². The average Bonchev–Trinajstić information content (AvgIpc) is 2.95. The molecule has 5 heteroatoms. The molecule has 0 radical (unpaired) electrons. The first-order valence-corrected chi connectivity index (χ1v) is 7.57. The summed E-state index contributed by atoms with van der Waals surface area (Å²) >= 11 is 9.58. The van der Waals surface area contributed by atoms with Gasteiger partial charge < -0.3 is 4.52 Å². The molecule has 0 saturated heterocycles. The van der Waals surface area contributed by atoms with Crippen LogP contribution in [-0.4, -0.2) is 10.1 Å². The fourth-order valence-corrected chi connectivity index (χ4v) is 2.48. The molecule has 1 unspecified atom stereocenters. The molecule has 1 atom stereocenters. The zero-order valence-corrected chi connectivity index (χ0v) is 13.1. The van der Waals surface area contributed by atoms with Crippen molar-refractivity contribution in [2.45, 2.75) is 18.7 Å². The molecule has 0 fully saturated rings. The third-order valence-corrected chi connectivity index (χ3v) is 4.13. The highest BCUT2D eigenvalue weighted by molar-refractivity contribution is 9.10. The van der Waals surface area contributed by atoms with Crippen molar-refractivity contribution in [2.24, 2.45) is 0 Å². The van der Waals surface area contributed by atoms with Crippen molar-refractivity contribution in [3.8, 4) is 11.5 Å². The maximum Gasteiger partial charge on any atom is 0.257 e. The van der Waals surface area contributed by atoms with E-state index in [0.717, 1.165) is 27.2 Å². The number of nitrogens with zero attached hydrogens (tertiary/aromatic N) is 2. The minimum Gasteiger partial charge on any atom is -0.334 e. The van der Waals surface area contributed by atoms with Gasteiger partial charge in [-0.05, 0) is 41.5 Å². The second kappa shape index (κ2) is 5.54. The molecular weight excluding hydrogens is 340 g/mol. The van der Waals surface area contributed by atoms with Crippen LogP contribution in [0.5, 0.6) is 0 Å². The standard InChI is InChI=1S/C15H12BrClN2O/c1-2-13(17)14-18-15(20-19-14)11-4-3-10-8-12(16)6-5-9(10)7-11/h3-8,13H,2H2,1H3. The van der Waals surface area contributed by atoms with E-state index in [-0.39, 0.29) is 5.38 Å². The summed E-state index contributed by atoms with van der Waals surface area (Å²) in [5.74, 6) is 1.05. The summed E-state index contributed by atoms with van der Waals surface area (Å²) < 4.78 is 6.35. The summed E-state index contributed by atoms with van der Waals surface area (Å²) in [6.45, 7) is 1.99. The van der Waals surface area contributed by atoms with E-state index in [0.29, 0.717) is 11.7 Å². The Morgan fingerprint density at radius 2 is 1.95 bits per heavy atom.